The fourth-order valence-corrected chi connectivity index (χ4v) is 3.84. The van der Waals surface area contributed by atoms with Crippen LogP contribution in [0.3, 0.4) is 0 Å². The highest BCUT2D eigenvalue weighted by molar-refractivity contribution is 7.98. The topological polar surface area (TPSA) is 43.6 Å². The number of rotatable bonds is 4. The lowest BCUT2D eigenvalue weighted by atomic mass is 10.2. The summed E-state index contributed by atoms with van der Waals surface area (Å²) in [7, 11) is 0. The number of hydrogen-bond donors (Lipinski definition) is 0. The molecule has 0 amide bonds. The first-order chi connectivity index (χ1) is 12.2. The van der Waals surface area contributed by atoms with Crippen molar-refractivity contribution in [3.8, 4) is 5.69 Å². The number of hydrogen-bond acceptors (Lipinski definition) is 4. The summed E-state index contributed by atoms with van der Waals surface area (Å²) in [6.07, 6.45) is 3.35. The zero-order chi connectivity index (χ0) is 17.2. The van der Waals surface area contributed by atoms with Crippen molar-refractivity contribution in [1.29, 1.82) is 0 Å². The molecule has 0 aliphatic carbocycles. The Balaban J connectivity index is 1.67. The third-order valence-electron chi connectivity index (χ3n) is 3.72. The molecule has 25 heavy (non-hydrogen) atoms. The van der Waals surface area contributed by atoms with Crippen molar-refractivity contribution in [2.45, 2.75) is 10.8 Å². The minimum absolute atomic E-state index is 0.686. The minimum atomic E-state index is 0.686. The van der Waals surface area contributed by atoms with E-state index in [9.17, 15) is 0 Å². The van der Waals surface area contributed by atoms with Crippen molar-refractivity contribution in [3.63, 3.8) is 0 Å². The fraction of sp³-hybridized carbons (Fsp3) is 0.0556. The predicted molar refractivity (Wildman–Crippen MR) is 103 cm³/mol. The molecule has 0 N–H and O–H groups in total. The Morgan fingerprint density at radius 3 is 2.56 bits per heavy atom. The Kier molecular flexibility index (Phi) is 4.61. The van der Waals surface area contributed by atoms with Crippen molar-refractivity contribution in [1.82, 2.24) is 19.7 Å². The average molecular weight is 387 g/mol. The summed E-state index contributed by atoms with van der Waals surface area (Å²) in [5, 5.41) is 7.70. The Labute approximate surface area is 158 Å². The maximum atomic E-state index is 6.23. The molecule has 0 spiro atoms. The van der Waals surface area contributed by atoms with E-state index in [0.29, 0.717) is 5.02 Å². The lowest BCUT2D eigenvalue weighted by molar-refractivity contribution is 0.893. The highest BCUT2D eigenvalue weighted by Crippen LogP contribution is 2.30. The lowest BCUT2D eigenvalue weighted by Gasteiger charge is -2.05. The van der Waals surface area contributed by atoms with Crippen LogP contribution in [0.4, 0.5) is 0 Å². The van der Waals surface area contributed by atoms with E-state index in [1.54, 1.807) is 29.0 Å². The fourth-order valence-electron chi connectivity index (χ4n) is 2.47. The number of benzene rings is 2. The molecule has 0 radical (unpaired) electrons. The molecule has 0 aliphatic heterocycles. The summed E-state index contributed by atoms with van der Waals surface area (Å²) in [4.78, 5) is 8.80. The number of nitrogens with zero attached hydrogens (tertiary/aromatic N) is 4. The second-order valence-electron chi connectivity index (χ2n) is 5.33. The van der Waals surface area contributed by atoms with Gasteiger partial charge >= 0.3 is 0 Å². The third-order valence-corrected chi connectivity index (χ3v) is 5.40. The second kappa shape index (κ2) is 7.04. The van der Waals surface area contributed by atoms with Crippen molar-refractivity contribution >= 4 is 46.0 Å². The van der Waals surface area contributed by atoms with Crippen LogP contribution in [-0.4, -0.2) is 19.7 Å². The lowest BCUT2D eigenvalue weighted by Crippen LogP contribution is -1.97. The molecule has 4 rings (SSSR count). The molecule has 0 fully saturated rings. The van der Waals surface area contributed by atoms with Gasteiger partial charge in [-0.05, 0) is 35.9 Å². The third kappa shape index (κ3) is 3.35. The molecule has 2 aromatic carbocycles. The smallest absolute Gasteiger partial charge is 0.167 e. The highest BCUT2D eigenvalue weighted by Gasteiger charge is 2.12. The molecular formula is C18H12Cl2N4S. The Bertz CT molecular complexity index is 1030. The Morgan fingerprint density at radius 1 is 0.960 bits per heavy atom. The van der Waals surface area contributed by atoms with Crippen LogP contribution < -0.4 is 0 Å². The highest BCUT2D eigenvalue weighted by atomic mass is 35.5. The van der Waals surface area contributed by atoms with E-state index >= 15 is 0 Å². The number of halogens is 2. The van der Waals surface area contributed by atoms with Crippen molar-refractivity contribution in [2.24, 2.45) is 0 Å². The Hall–Kier alpha value is -2.08. The number of thioether (sulfide) groups is 1. The van der Waals surface area contributed by atoms with Gasteiger partial charge in [0.1, 0.15) is 11.4 Å². The van der Waals surface area contributed by atoms with Gasteiger partial charge < -0.3 is 0 Å². The zero-order valence-electron chi connectivity index (χ0n) is 12.9. The first-order valence-corrected chi connectivity index (χ1v) is 9.27. The molecule has 7 heteroatoms. The van der Waals surface area contributed by atoms with Gasteiger partial charge in [-0.25, -0.2) is 14.6 Å². The molecule has 2 aromatic heterocycles. The van der Waals surface area contributed by atoms with Crippen LogP contribution in [0.5, 0.6) is 0 Å². The predicted octanol–water partition coefficient (Wildman–Crippen LogP) is 5.41. The summed E-state index contributed by atoms with van der Waals surface area (Å²) in [5.41, 5.74) is 2.74. The number of aromatic nitrogens is 4. The SMILES string of the molecule is Clc1ccc(-n2ncc3c(SCc4ccccc4Cl)ncnc32)cc1. The maximum absolute atomic E-state index is 6.23. The van der Waals surface area contributed by atoms with Gasteiger partial charge in [0.2, 0.25) is 0 Å². The van der Waals surface area contributed by atoms with E-state index in [1.165, 1.54) is 0 Å². The van der Waals surface area contributed by atoms with E-state index in [0.717, 1.165) is 38.1 Å². The molecule has 0 aliphatic rings. The van der Waals surface area contributed by atoms with Crippen LogP contribution >= 0.6 is 35.0 Å². The molecule has 0 bridgehead atoms. The van der Waals surface area contributed by atoms with Crippen LogP contribution in [0, 0.1) is 0 Å². The van der Waals surface area contributed by atoms with Crippen LogP contribution in [0.1, 0.15) is 5.56 Å². The molecule has 4 aromatic rings. The van der Waals surface area contributed by atoms with E-state index in [2.05, 4.69) is 15.1 Å². The monoisotopic (exact) mass is 386 g/mol. The summed E-state index contributed by atoms with van der Waals surface area (Å²) in [6, 6.07) is 15.3. The summed E-state index contributed by atoms with van der Waals surface area (Å²) < 4.78 is 1.78. The van der Waals surface area contributed by atoms with Gasteiger partial charge in [-0.1, -0.05) is 41.4 Å². The van der Waals surface area contributed by atoms with Crippen molar-refractivity contribution in [3.05, 3.63) is 76.7 Å². The van der Waals surface area contributed by atoms with E-state index in [4.69, 9.17) is 23.2 Å². The van der Waals surface area contributed by atoms with Gasteiger partial charge in [0.25, 0.3) is 0 Å². The van der Waals surface area contributed by atoms with Crippen LogP contribution in [-0.2, 0) is 5.75 Å². The van der Waals surface area contributed by atoms with Crippen LogP contribution in [0.15, 0.2) is 66.1 Å². The maximum Gasteiger partial charge on any atom is 0.167 e. The van der Waals surface area contributed by atoms with Crippen LogP contribution in [0.2, 0.25) is 10.0 Å². The quantitative estimate of drug-likeness (QED) is 0.347. The van der Waals surface area contributed by atoms with Crippen molar-refractivity contribution in [2.75, 3.05) is 0 Å². The van der Waals surface area contributed by atoms with Gasteiger partial charge in [-0.3, -0.25) is 0 Å². The first kappa shape index (κ1) is 16.4. The largest absolute Gasteiger partial charge is 0.229 e. The molecule has 4 nitrogen and oxygen atoms in total. The number of fused-ring (bicyclic) bond motifs is 1. The molecular weight excluding hydrogens is 375 g/mol. The summed E-state index contributed by atoms with van der Waals surface area (Å²) >= 11 is 13.8. The first-order valence-electron chi connectivity index (χ1n) is 7.53. The van der Waals surface area contributed by atoms with Gasteiger partial charge in [0.15, 0.2) is 5.65 Å². The molecule has 0 saturated heterocycles. The molecule has 2 heterocycles. The summed E-state index contributed by atoms with van der Waals surface area (Å²) in [6.45, 7) is 0. The van der Waals surface area contributed by atoms with Gasteiger partial charge in [0, 0.05) is 15.8 Å². The van der Waals surface area contributed by atoms with E-state index in [1.807, 2.05) is 48.5 Å². The van der Waals surface area contributed by atoms with E-state index in [-0.39, 0.29) is 0 Å². The zero-order valence-corrected chi connectivity index (χ0v) is 15.3. The van der Waals surface area contributed by atoms with Crippen LogP contribution in [0.25, 0.3) is 16.7 Å². The van der Waals surface area contributed by atoms with Gasteiger partial charge in [-0.15, -0.1) is 11.8 Å². The molecule has 0 unspecified atom stereocenters. The normalized spacial score (nSPS) is 11.1. The van der Waals surface area contributed by atoms with Crippen molar-refractivity contribution < 1.29 is 0 Å². The average Bonchev–Trinajstić information content (AvgIpc) is 3.06. The molecule has 0 atom stereocenters. The minimum Gasteiger partial charge on any atom is -0.229 e. The second-order valence-corrected chi connectivity index (χ2v) is 7.14. The standard InChI is InChI=1S/C18H12Cl2N4S/c19-13-5-7-14(8-6-13)24-17-15(9-23-24)18(22-11-21-17)25-10-12-3-1-2-4-16(12)20/h1-9,11H,10H2. The Morgan fingerprint density at radius 2 is 1.76 bits per heavy atom. The van der Waals surface area contributed by atoms with E-state index < -0.39 is 0 Å². The van der Waals surface area contributed by atoms with Gasteiger partial charge in [-0.2, -0.15) is 5.10 Å². The van der Waals surface area contributed by atoms with Gasteiger partial charge in [0.05, 0.1) is 17.3 Å². The molecule has 0 saturated carbocycles. The summed E-state index contributed by atoms with van der Waals surface area (Å²) in [5.74, 6) is 0.734. The molecule has 124 valence electrons.